The molecule has 1 aromatic carbocycles. The Kier molecular flexibility index (Phi) is 4.53. The van der Waals surface area contributed by atoms with E-state index in [0.717, 1.165) is 11.3 Å². The second-order valence-electron chi connectivity index (χ2n) is 5.05. The van der Waals surface area contributed by atoms with Crippen LogP contribution in [0.2, 0.25) is 0 Å². The van der Waals surface area contributed by atoms with Crippen LogP contribution in [-0.2, 0) is 4.79 Å². The molecule has 1 heterocycles. The number of thioether (sulfide) groups is 1. The topological polar surface area (TPSA) is 49.3 Å². The van der Waals surface area contributed by atoms with Crippen molar-refractivity contribution in [2.75, 3.05) is 12.3 Å². The summed E-state index contributed by atoms with van der Waals surface area (Å²) < 4.78 is 0. The van der Waals surface area contributed by atoms with E-state index in [2.05, 4.69) is 11.4 Å². The first kappa shape index (κ1) is 14.4. The maximum Gasteiger partial charge on any atom is 0.228 e. The van der Waals surface area contributed by atoms with Crippen LogP contribution in [0.1, 0.15) is 38.2 Å². The number of hydrogen-bond acceptors (Lipinski definition) is 3. The number of nitrogens with one attached hydrogen (secondary N) is 1. The van der Waals surface area contributed by atoms with Gasteiger partial charge in [0.15, 0.2) is 0 Å². The van der Waals surface area contributed by atoms with Gasteiger partial charge in [0.05, 0.1) is 11.5 Å². The summed E-state index contributed by atoms with van der Waals surface area (Å²) in [5.41, 5.74) is 0.336. The first-order valence-electron chi connectivity index (χ1n) is 6.81. The number of fused-ring (bicyclic) bond motifs is 1. The molecule has 2 N–H and O–H groups in total. The van der Waals surface area contributed by atoms with Crippen molar-refractivity contribution in [2.24, 2.45) is 0 Å². The molecule has 0 spiro atoms. The summed E-state index contributed by atoms with van der Waals surface area (Å²) in [7, 11) is 0. The van der Waals surface area contributed by atoms with Crippen LogP contribution in [0.3, 0.4) is 0 Å². The molecule has 1 unspecified atom stereocenters. The van der Waals surface area contributed by atoms with Gasteiger partial charge in [-0.25, -0.2) is 0 Å². The number of rotatable bonds is 5. The van der Waals surface area contributed by atoms with Gasteiger partial charge in [-0.2, -0.15) is 0 Å². The van der Waals surface area contributed by atoms with Crippen LogP contribution in [0.4, 0.5) is 0 Å². The summed E-state index contributed by atoms with van der Waals surface area (Å²) in [4.78, 5) is 13.4. The molecule has 2 rings (SSSR count). The molecule has 1 amide bonds. The molecule has 104 valence electrons. The largest absolute Gasteiger partial charge is 0.388 e. The quantitative estimate of drug-likeness (QED) is 0.871. The molecule has 0 saturated heterocycles. The third-order valence-electron chi connectivity index (χ3n) is 3.92. The van der Waals surface area contributed by atoms with Gasteiger partial charge in [0.2, 0.25) is 5.91 Å². The van der Waals surface area contributed by atoms with Crippen molar-refractivity contribution in [3.63, 3.8) is 0 Å². The highest BCUT2D eigenvalue weighted by Crippen LogP contribution is 2.39. The molecule has 0 bridgehead atoms. The van der Waals surface area contributed by atoms with E-state index in [1.807, 2.05) is 32.0 Å². The minimum Gasteiger partial charge on any atom is -0.388 e. The number of benzene rings is 1. The van der Waals surface area contributed by atoms with Gasteiger partial charge in [0.1, 0.15) is 0 Å². The van der Waals surface area contributed by atoms with Crippen molar-refractivity contribution in [2.45, 2.75) is 43.1 Å². The van der Waals surface area contributed by atoms with E-state index >= 15 is 0 Å². The fraction of sp³-hybridized carbons (Fsp3) is 0.533. The lowest BCUT2D eigenvalue weighted by Gasteiger charge is -2.26. The SMILES string of the molecule is CCC(O)(CC)CNC(=O)C1CSc2ccccc21. The maximum absolute atomic E-state index is 12.3. The minimum atomic E-state index is -0.777. The van der Waals surface area contributed by atoms with Gasteiger partial charge in [-0.1, -0.05) is 32.0 Å². The summed E-state index contributed by atoms with van der Waals surface area (Å²) in [5.74, 6) is 0.735. The zero-order valence-electron chi connectivity index (χ0n) is 11.5. The smallest absolute Gasteiger partial charge is 0.228 e. The van der Waals surface area contributed by atoms with Crippen LogP contribution in [0, 0.1) is 0 Å². The number of amides is 1. The molecule has 0 radical (unpaired) electrons. The average molecular weight is 279 g/mol. The number of carbonyl (C=O) groups is 1. The summed E-state index contributed by atoms with van der Waals surface area (Å²) >= 11 is 1.73. The lowest BCUT2D eigenvalue weighted by atomic mass is 9.96. The average Bonchev–Trinajstić information content (AvgIpc) is 2.88. The molecular weight excluding hydrogens is 258 g/mol. The standard InChI is InChI=1S/C15H21NO2S/c1-3-15(18,4-2)10-16-14(17)12-9-19-13-8-6-5-7-11(12)13/h5-8,12,18H,3-4,9-10H2,1-2H3,(H,16,17). The fourth-order valence-corrected chi connectivity index (χ4v) is 3.48. The van der Waals surface area contributed by atoms with E-state index in [1.165, 1.54) is 4.90 Å². The first-order chi connectivity index (χ1) is 9.09. The van der Waals surface area contributed by atoms with Crippen LogP contribution < -0.4 is 5.32 Å². The Morgan fingerprint density at radius 3 is 2.79 bits per heavy atom. The Morgan fingerprint density at radius 1 is 1.42 bits per heavy atom. The highest BCUT2D eigenvalue weighted by Gasteiger charge is 2.30. The van der Waals surface area contributed by atoms with E-state index in [1.54, 1.807) is 11.8 Å². The zero-order valence-corrected chi connectivity index (χ0v) is 12.3. The molecule has 1 aliphatic heterocycles. The molecule has 0 aliphatic carbocycles. The highest BCUT2D eigenvalue weighted by molar-refractivity contribution is 7.99. The van der Waals surface area contributed by atoms with Crippen molar-refractivity contribution >= 4 is 17.7 Å². The van der Waals surface area contributed by atoms with Crippen LogP contribution in [0.5, 0.6) is 0 Å². The summed E-state index contributed by atoms with van der Waals surface area (Å²) in [6.45, 7) is 4.22. The Hall–Kier alpha value is -1.00. The van der Waals surface area contributed by atoms with Crippen molar-refractivity contribution in [1.82, 2.24) is 5.32 Å². The Morgan fingerprint density at radius 2 is 2.11 bits per heavy atom. The number of carbonyl (C=O) groups excluding carboxylic acids is 1. The van der Waals surface area contributed by atoms with Gasteiger partial charge >= 0.3 is 0 Å². The second-order valence-corrected chi connectivity index (χ2v) is 6.11. The van der Waals surface area contributed by atoms with Crippen LogP contribution >= 0.6 is 11.8 Å². The second kappa shape index (κ2) is 5.97. The Balaban J connectivity index is 1.99. The molecule has 4 heteroatoms. The molecular formula is C15H21NO2S. The van der Waals surface area contributed by atoms with Gasteiger partial charge in [-0.05, 0) is 24.5 Å². The molecule has 1 aromatic rings. The van der Waals surface area contributed by atoms with Crippen molar-refractivity contribution in [1.29, 1.82) is 0 Å². The summed E-state index contributed by atoms with van der Waals surface area (Å²) in [6, 6.07) is 8.05. The van der Waals surface area contributed by atoms with Gasteiger partial charge in [0, 0.05) is 17.2 Å². The third-order valence-corrected chi connectivity index (χ3v) is 5.11. The van der Waals surface area contributed by atoms with E-state index < -0.39 is 5.60 Å². The summed E-state index contributed by atoms with van der Waals surface area (Å²) in [6.07, 6.45) is 1.31. The molecule has 1 aliphatic rings. The van der Waals surface area contributed by atoms with Gasteiger partial charge in [-0.15, -0.1) is 11.8 Å². The van der Waals surface area contributed by atoms with Crippen molar-refractivity contribution < 1.29 is 9.90 Å². The normalized spacial score (nSPS) is 18.2. The molecule has 0 aromatic heterocycles. The van der Waals surface area contributed by atoms with Crippen LogP contribution in [0.25, 0.3) is 0 Å². The molecule has 0 fully saturated rings. The van der Waals surface area contributed by atoms with Crippen molar-refractivity contribution in [3.05, 3.63) is 29.8 Å². The number of aliphatic hydroxyl groups is 1. The monoisotopic (exact) mass is 279 g/mol. The molecule has 1 atom stereocenters. The zero-order chi connectivity index (χ0) is 13.9. The summed E-state index contributed by atoms with van der Waals surface area (Å²) in [5, 5.41) is 13.1. The lowest BCUT2D eigenvalue weighted by molar-refractivity contribution is -0.123. The Bertz CT molecular complexity index is 457. The van der Waals surface area contributed by atoms with Gasteiger partial charge in [-0.3, -0.25) is 4.79 Å². The number of hydrogen-bond donors (Lipinski definition) is 2. The van der Waals surface area contributed by atoms with Crippen LogP contribution in [0.15, 0.2) is 29.2 Å². The minimum absolute atomic E-state index is 0.0257. The maximum atomic E-state index is 12.3. The Labute approximate surface area is 118 Å². The van der Waals surface area contributed by atoms with E-state index in [0.29, 0.717) is 19.4 Å². The van der Waals surface area contributed by atoms with Crippen molar-refractivity contribution in [3.8, 4) is 0 Å². The van der Waals surface area contributed by atoms with E-state index in [4.69, 9.17) is 0 Å². The van der Waals surface area contributed by atoms with Gasteiger partial charge in [0.25, 0.3) is 0 Å². The van der Waals surface area contributed by atoms with Gasteiger partial charge < -0.3 is 10.4 Å². The molecule has 19 heavy (non-hydrogen) atoms. The lowest BCUT2D eigenvalue weighted by Crippen LogP contribution is -2.43. The third kappa shape index (κ3) is 3.12. The van der Waals surface area contributed by atoms with E-state index in [9.17, 15) is 9.90 Å². The molecule has 0 saturated carbocycles. The molecule has 3 nitrogen and oxygen atoms in total. The van der Waals surface area contributed by atoms with E-state index in [-0.39, 0.29) is 11.8 Å². The highest BCUT2D eigenvalue weighted by atomic mass is 32.2. The van der Waals surface area contributed by atoms with Crippen LogP contribution in [-0.4, -0.2) is 28.9 Å². The first-order valence-corrected chi connectivity index (χ1v) is 7.80. The predicted molar refractivity (Wildman–Crippen MR) is 78.4 cm³/mol. The fourth-order valence-electron chi connectivity index (χ4n) is 2.25. The predicted octanol–water partition coefficient (Wildman–Crippen LogP) is 2.54.